The largest absolute Gasteiger partial charge is 0.455 e. The van der Waals surface area contributed by atoms with E-state index in [-0.39, 0.29) is 28.6 Å². The number of hydrogen-bond donors (Lipinski definition) is 3. The third-order valence-electron chi connectivity index (χ3n) is 4.65. The molecule has 0 unspecified atom stereocenters. The second kappa shape index (κ2) is 8.81. The second-order valence-corrected chi connectivity index (χ2v) is 9.02. The fourth-order valence-corrected chi connectivity index (χ4v) is 3.54. The first-order valence-electron chi connectivity index (χ1n) is 9.49. The van der Waals surface area contributed by atoms with Crippen molar-refractivity contribution >= 4 is 32.8 Å². The van der Waals surface area contributed by atoms with Crippen molar-refractivity contribution in [3.63, 3.8) is 0 Å². The molecule has 164 valence electrons. The normalized spacial score (nSPS) is 11.3. The Morgan fingerprint density at radius 1 is 0.968 bits per heavy atom. The van der Waals surface area contributed by atoms with Crippen molar-refractivity contribution in [2.45, 2.75) is 20.8 Å². The molecule has 0 aliphatic heterocycles. The number of nitrogens with one attached hydrogen (secondary N) is 2. The summed E-state index contributed by atoms with van der Waals surface area (Å²) < 4.78 is 60.5. The van der Waals surface area contributed by atoms with Crippen LogP contribution >= 0.6 is 0 Å². The average Bonchev–Trinajstić information content (AvgIpc) is 2.70. The van der Waals surface area contributed by atoms with Crippen LogP contribution in [0.5, 0.6) is 11.5 Å². The molecule has 0 aromatic heterocycles. The summed E-state index contributed by atoms with van der Waals surface area (Å²) in [5, 5.41) is 2.79. The van der Waals surface area contributed by atoms with Crippen LogP contribution in [0.2, 0.25) is 0 Å². The van der Waals surface area contributed by atoms with Gasteiger partial charge in [-0.3, -0.25) is 4.72 Å². The van der Waals surface area contributed by atoms with Gasteiger partial charge < -0.3 is 15.8 Å². The zero-order chi connectivity index (χ0) is 22.8. The molecular formula is C22H23F2N3O3S. The van der Waals surface area contributed by atoms with Crippen LogP contribution in [0, 0.1) is 25.5 Å². The topological polar surface area (TPSA) is 93.5 Å². The van der Waals surface area contributed by atoms with Gasteiger partial charge in [0.2, 0.25) is 10.0 Å². The molecular weight excluding hydrogens is 424 g/mol. The maximum atomic E-state index is 14.3. The van der Waals surface area contributed by atoms with Crippen molar-refractivity contribution in [1.29, 1.82) is 0 Å². The highest BCUT2D eigenvalue weighted by Crippen LogP contribution is 2.38. The lowest BCUT2D eigenvalue weighted by molar-refractivity contribution is 0.476. The molecule has 0 amide bonds. The summed E-state index contributed by atoms with van der Waals surface area (Å²) in [6.45, 7) is 4.95. The molecule has 0 aliphatic carbocycles. The van der Waals surface area contributed by atoms with Crippen molar-refractivity contribution in [1.82, 2.24) is 0 Å². The summed E-state index contributed by atoms with van der Waals surface area (Å²) in [5.41, 5.74) is 8.09. The van der Waals surface area contributed by atoms with E-state index >= 15 is 0 Å². The lowest BCUT2D eigenvalue weighted by Crippen LogP contribution is -2.15. The minimum atomic E-state index is -3.48. The Bertz CT molecular complexity index is 1230. The van der Waals surface area contributed by atoms with Crippen molar-refractivity contribution in [3.8, 4) is 11.5 Å². The predicted octanol–water partition coefficient (Wildman–Crippen LogP) is 5.46. The van der Waals surface area contributed by atoms with Gasteiger partial charge in [0, 0.05) is 11.6 Å². The lowest BCUT2D eigenvalue weighted by Gasteiger charge is -2.17. The number of hydrogen-bond acceptors (Lipinski definition) is 5. The molecule has 0 spiro atoms. The molecule has 3 aromatic rings. The van der Waals surface area contributed by atoms with Crippen LogP contribution in [-0.4, -0.2) is 14.2 Å². The van der Waals surface area contributed by atoms with Gasteiger partial charge in [0.1, 0.15) is 17.4 Å². The van der Waals surface area contributed by atoms with Gasteiger partial charge in [-0.05, 0) is 56.7 Å². The number of aryl methyl sites for hydroxylation is 1. The SMILES string of the molecule is CCS(=O)(=O)Nc1cccc(Oc2cc(F)cc(Nc3ccc(C)cc3F)c2N)c1C. The summed E-state index contributed by atoms with van der Waals surface area (Å²) in [4.78, 5) is 0. The zero-order valence-corrected chi connectivity index (χ0v) is 18.1. The fourth-order valence-electron chi connectivity index (χ4n) is 2.84. The molecule has 0 heterocycles. The van der Waals surface area contributed by atoms with Crippen molar-refractivity contribution in [2.75, 3.05) is 21.5 Å². The van der Waals surface area contributed by atoms with Gasteiger partial charge in [0.15, 0.2) is 5.75 Å². The van der Waals surface area contributed by atoms with Gasteiger partial charge in [-0.1, -0.05) is 12.1 Å². The Balaban J connectivity index is 1.94. The molecule has 0 fully saturated rings. The van der Waals surface area contributed by atoms with E-state index in [0.29, 0.717) is 17.0 Å². The van der Waals surface area contributed by atoms with Crippen molar-refractivity contribution in [3.05, 3.63) is 71.3 Å². The first-order chi connectivity index (χ1) is 14.6. The number of nitrogen functional groups attached to an aromatic ring is 1. The molecule has 6 nitrogen and oxygen atoms in total. The molecule has 0 saturated heterocycles. The number of rotatable bonds is 7. The Labute approximate surface area is 180 Å². The third-order valence-corrected chi connectivity index (χ3v) is 5.94. The highest BCUT2D eigenvalue weighted by molar-refractivity contribution is 7.92. The highest BCUT2D eigenvalue weighted by atomic mass is 32.2. The van der Waals surface area contributed by atoms with Crippen LogP contribution in [0.25, 0.3) is 0 Å². The summed E-state index contributed by atoms with van der Waals surface area (Å²) in [7, 11) is -3.48. The minimum absolute atomic E-state index is 0.00798. The summed E-state index contributed by atoms with van der Waals surface area (Å²) in [6.07, 6.45) is 0. The van der Waals surface area contributed by atoms with E-state index < -0.39 is 21.7 Å². The predicted molar refractivity (Wildman–Crippen MR) is 120 cm³/mol. The molecule has 4 N–H and O–H groups in total. The average molecular weight is 448 g/mol. The molecule has 9 heteroatoms. The van der Waals surface area contributed by atoms with Crippen LogP contribution in [0.3, 0.4) is 0 Å². The van der Waals surface area contributed by atoms with Gasteiger partial charge in [-0.2, -0.15) is 0 Å². The quantitative estimate of drug-likeness (QED) is 0.418. The number of anilines is 4. The molecule has 3 rings (SSSR count). The Morgan fingerprint density at radius 3 is 2.39 bits per heavy atom. The first kappa shape index (κ1) is 22.4. The van der Waals surface area contributed by atoms with Crippen molar-refractivity contribution in [2.24, 2.45) is 0 Å². The minimum Gasteiger partial charge on any atom is -0.455 e. The smallest absolute Gasteiger partial charge is 0.232 e. The fraction of sp³-hybridized carbons (Fsp3) is 0.182. The van der Waals surface area contributed by atoms with Crippen LogP contribution in [0.15, 0.2) is 48.5 Å². The lowest BCUT2D eigenvalue weighted by atomic mass is 10.1. The van der Waals surface area contributed by atoms with Gasteiger partial charge in [-0.15, -0.1) is 0 Å². The molecule has 0 bridgehead atoms. The number of halogens is 2. The van der Waals surface area contributed by atoms with Gasteiger partial charge >= 0.3 is 0 Å². The first-order valence-corrected chi connectivity index (χ1v) is 11.1. The monoisotopic (exact) mass is 447 g/mol. The van der Waals surface area contributed by atoms with E-state index in [9.17, 15) is 17.2 Å². The Morgan fingerprint density at radius 2 is 1.71 bits per heavy atom. The van der Waals surface area contributed by atoms with Gasteiger partial charge in [0.05, 0.1) is 28.5 Å². The van der Waals surface area contributed by atoms with E-state index in [0.717, 1.165) is 17.7 Å². The van der Waals surface area contributed by atoms with E-state index in [1.165, 1.54) is 19.1 Å². The van der Waals surface area contributed by atoms with Gasteiger partial charge in [0.25, 0.3) is 0 Å². The Kier molecular flexibility index (Phi) is 6.35. The number of benzene rings is 3. The summed E-state index contributed by atoms with van der Waals surface area (Å²) >= 11 is 0. The second-order valence-electron chi connectivity index (χ2n) is 7.01. The van der Waals surface area contributed by atoms with E-state index in [4.69, 9.17) is 10.5 Å². The van der Waals surface area contributed by atoms with Gasteiger partial charge in [-0.25, -0.2) is 17.2 Å². The molecule has 0 aliphatic rings. The maximum absolute atomic E-state index is 14.3. The molecule has 31 heavy (non-hydrogen) atoms. The molecule has 3 aromatic carbocycles. The van der Waals surface area contributed by atoms with Crippen molar-refractivity contribution < 1.29 is 21.9 Å². The van der Waals surface area contributed by atoms with E-state index in [1.807, 2.05) is 0 Å². The van der Waals surface area contributed by atoms with Crippen LogP contribution in [0.4, 0.5) is 31.5 Å². The number of sulfonamides is 1. The summed E-state index contributed by atoms with van der Waals surface area (Å²) in [6, 6.07) is 11.6. The van der Waals surface area contributed by atoms with E-state index in [1.54, 1.807) is 38.1 Å². The zero-order valence-electron chi connectivity index (χ0n) is 17.3. The van der Waals surface area contributed by atoms with E-state index in [2.05, 4.69) is 10.0 Å². The van der Waals surface area contributed by atoms with Crippen LogP contribution in [0.1, 0.15) is 18.1 Å². The molecule has 0 atom stereocenters. The molecule has 0 saturated carbocycles. The third kappa shape index (κ3) is 5.24. The maximum Gasteiger partial charge on any atom is 0.232 e. The number of nitrogens with two attached hydrogens (primary N) is 1. The Hall–Kier alpha value is -3.33. The number of ether oxygens (including phenoxy) is 1. The highest BCUT2D eigenvalue weighted by Gasteiger charge is 2.16. The standard InChI is InChI=1S/C22H23F2N3O3S/c1-4-31(28,29)27-17-6-5-7-20(14(17)3)30-21-12-15(23)11-19(22(21)25)26-18-9-8-13(2)10-16(18)24/h5-12,26-27H,4,25H2,1-3H3. The van der Waals surface area contributed by atoms with Crippen LogP contribution < -0.4 is 20.5 Å². The van der Waals surface area contributed by atoms with Crippen LogP contribution in [-0.2, 0) is 10.0 Å². The molecule has 0 radical (unpaired) electrons. The summed E-state index contributed by atoms with van der Waals surface area (Å²) in [5.74, 6) is -0.925.